The lowest BCUT2D eigenvalue weighted by atomic mass is 10.0. The highest BCUT2D eigenvalue weighted by Crippen LogP contribution is 2.15. The van der Waals surface area contributed by atoms with Crippen molar-refractivity contribution in [1.29, 1.82) is 0 Å². The Bertz CT molecular complexity index is 488. The molecule has 0 fully saturated rings. The van der Waals surface area contributed by atoms with Gasteiger partial charge in [0.25, 0.3) is 0 Å². The van der Waals surface area contributed by atoms with Gasteiger partial charge in [0.05, 0.1) is 18.8 Å². The molecule has 0 unspecified atom stereocenters. The van der Waals surface area contributed by atoms with Crippen LogP contribution in [0.4, 0.5) is 0 Å². The smallest absolute Gasteiger partial charge is 0.249 e. The average molecular weight is 542 g/mol. The molecule has 0 aliphatic heterocycles. The summed E-state index contributed by atoms with van der Waals surface area (Å²) in [5.41, 5.74) is 0. The van der Waals surface area contributed by atoms with E-state index in [0.29, 0.717) is 12.8 Å². The minimum Gasteiger partial charge on any atom is -0.394 e. The summed E-state index contributed by atoms with van der Waals surface area (Å²) in [7, 11) is 0. The fraction of sp³-hybridized carbons (Fsp3) is 0.970. The molecule has 0 rings (SSSR count). The van der Waals surface area contributed by atoms with Crippen molar-refractivity contribution in [3.05, 3.63) is 0 Å². The van der Waals surface area contributed by atoms with Crippen LogP contribution in [0.2, 0.25) is 0 Å². The minimum atomic E-state index is -1.06. The lowest BCUT2D eigenvalue weighted by Gasteiger charge is -2.23. The first-order chi connectivity index (χ1) is 18.6. The van der Waals surface area contributed by atoms with Crippen molar-refractivity contribution in [3.63, 3.8) is 0 Å². The van der Waals surface area contributed by atoms with Gasteiger partial charge in [-0.05, 0) is 12.8 Å². The molecule has 5 heteroatoms. The molecule has 0 radical (unpaired) electrons. The standard InChI is InChI=1S/C33H67NO4/c1-3-5-7-9-11-13-15-16-18-19-21-23-25-27-31(36)30(29-35)34-33(38)32(37)28-26-24-22-20-17-14-12-10-8-6-4-2/h30-32,35-37H,3-29H2,1-2H3,(H,34,38)/t30-,31+,32+/m0/s1. The van der Waals surface area contributed by atoms with Crippen LogP contribution in [0.5, 0.6) is 0 Å². The second kappa shape index (κ2) is 29.3. The van der Waals surface area contributed by atoms with Crippen LogP contribution < -0.4 is 5.32 Å². The fourth-order valence-corrected chi connectivity index (χ4v) is 5.25. The zero-order chi connectivity index (χ0) is 28.1. The zero-order valence-electron chi connectivity index (χ0n) is 25.6. The Morgan fingerprint density at radius 2 is 0.842 bits per heavy atom. The normalized spacial score (nSPS) is 13.9. The van der Waals surface area contributed by atoms with Crippen LogP contribution in [0.15, 0.2) is 0 Å². The number of hydrogen-bond donors (Lipinski definition) is 4. The maximum atomic E-state index is 12.3. The Morgan fingerprint density at radius 1 is 0.526 bits per heavy atom. The minimum absolute atomic E-state index is 0.309. The Morgan fingerprint density at radius 3 is 1.18 bits per heavy atom. The van der Waals surface area contributed by atoms with Gasteiger partial charge in [0.15, 0.2) is 0 Å². The molecule has 5 nitrogen and oxygen atoms in total. The maximum Gasteiger partial charge on any atom is 0.249 e. The summed E-state index contributed by atoms with van der Waals surface area (Å²) >= 11 is 0. The van der Waals surface area contributed by atoms with E-state index in [2.05, 4.69) is 19.2 Å². The van der Waals surface area contributed by atoms with Gasteiger partial charge in [-0.2, -0.15) is 0 Å². The average Bonchev–Trinajstić information content (AvgIpc) is 2.92. The van der Waals surface area contributed by atoms with Crippen LogP contribution in [-0.2, 0) is 4.79 Å². The predicted molar refractivity (Wildman–Crippen MR) is 162 cm³/mol. The maximum absolute atomic E-state index is 12.3. The summed E-state index contributed by atoms with van der Waals surface area (Å²) in [6.45, 7) is 4.20. The molecule has 0 aromatic heterocycles. The zero-order valence-corrected chi connectivity index (χ0v) is 25.6. The van der Waals surface area contributed by atoms with Crippen molar-refractivity contribution in [2.24, 2.45) is 0 Å². The Kier molecular flexibility index (Phi) is 28.8. The van der Waals surface area contributed by atoms with Crippen molar-refractivity contribution in [2.45, 2.75) is 199 Å². The molecule has 0 aromatic carbocycles. The quantitative estimate of drug-likeness (QED) is 0.0688. The summed E-state index contributed by atoms with van der Waals surface area (Å²) in [5.74, 6) is -0.472. The van der Waals surface area contributed by atoms with Crippen LogP contribution in [0.3, 0.4) is 0 Å². The lowest BCUT2D eigenvalue weighted by Crippen LogP contribution is -2.49. The van der Waals surface area contributed by atoms with E-state index in [9.17, 15) is 20.1 Å². The van der Waals surface area contributed by atoms with Crippen LogP contribution in [0.25, 0.3) is 0 Å². The monoisotopic (exact) mass is 542 g/mol. The number of amides is 1. The van der Waals surface area contributed by atoms with Crippen LogP contribution in [-0.4, -0.2) is 46.1 Å². The molecular formula is C33H67NO4. The molecule has 228 valence electrons. The number of aliphatic hydroxyl groups is 3. The van der Waals surface area contributed by atoms with Crippen molar-refractivity contribution in [2.75, 3.05) is 6.61 Å². The molecule has 0 aliphatic rings. The number of carbonyl (C=O) groups excluding carboxylic acids is 1. The van der Waals surface area contributed by atoms with E-state index in [1.165, 1.54) is 122 Å². The van der Waals surface area contributed by atoms with Gasteiger partial charge in [0, 0.05) is 0 Å². The van der Waals surface area contributed by atoms with E-state index < -0.39 is 24.2 Å². The van der Waals surface area contributed by atoms with Crippen LogP contribution in [0.1, 0.15) is 181 Å². The predicted octanol–water partition coefficient (Wildman–Crippen LogP) is 8.37. The van der Waals surface area contributed by atoms with E-state index in [4.69, 9.17) is 0 Å². The van der Waals surface area contributed by atoms with Crippen molar-refractivity contribution < 1.29 is 20.1 Å². The number of aliphatic hydroxyl groups excluding tert-OH is 3. The first kappa shape index (κ1) is 37.4. The topological polar surface area (TPSA) is 89.8 Å². The van der Waals surface area contributed by atoms with Gasteiger partial charge in [0.2, 0.25) is 5.91 Å². The third kappa shape index (κ3) is 24.4. The third-order valence-corrected chi connectivity index (χ3v) is 7.98. The molecule has 0 saturated heterocycles. The summed E-state index contributed by atoms with van der Waals surface area (Å²) in [4.78, 5) is 12.3. The first-order valence-corrected chi connectivity index (χ1v) is 16.8. The van der Waals surface area contributed by atoms with E-state index in [-0.39, 0.29) is 6.61 Å². The number of unbranched alkanes of at least 4 members (excludes halogenated alkanes) is 22. The molecule has 0 spiro atoms. The highest BCUT2D eigenvalue weighted by Gasteiger charge is 2.23. The number of carbonyl (C=O) groups is 1. The van der Waals surface area contributed by atoms with Crippen molar-refractivity contribution in [1.82, 2.24) is 5.32 Å². The van der Waals surface area contributed by atoms with Crippen LogP contribution >= 0.6 is 0 Å². The molecule has 1 amide bonds. The molecule has 0 saturated carbocycles. The molecule has 0 aliphatic carbocycles. The second-order valence-electron chi connectivity index (χ2n) is 11.7. The summed E-state index contributed by atoms with van der Waals surface area (Å²) in [6.07, 6.45) is 29.3. The summed E-state index contributed by atoms with van der Waals surface area (Å²) in [6, 6.07) is -0.702. The summed E-state index contributed by atoms with van der Waals surface area (Å²) in [5, 5.41) is 33.0. The number of rotatable bonds is 30. The van der Waals surface area contributed by atoms with E-state index in [0.717, 1.165) is 32.1 Å². The van der Waals surface area contributed by atoms with Gasteiger partial charge >= 0.3 is 0 Å². The molecule has 38 heavy (non-hydrogen) atoms. The molecule has 0 aromatic rings. The largest absolute Gasteiger partial charge is 0.394 e. The van der Waals surface area contributed by atoms with Crippen molar-refractivity contribution >= 4 is 5.91 Å². The van der Waals surface area contributed by atoms with Gasteiger partial charge in [0.1, 0.15) is 6.10 Å². The molecule has 0 heterocycles. The van der Waals surface area contributed by atoms with Gasteiger partial charge in [-0.25, -0.2) is 0 Å². The number of hydrogen-bond acceptors (Lipinski definition) is 4. The second-order valence-corrected chi connectivity index (χ2v) is 11.7. The van der Waals surface area contributed by atoms with E-state index in [1.54, 1.807) is 0 Å². The van der Waals surface area contributed by atoms with E-state index >= 15 is 0 Å². The Balaban J connectivity index is 3.70. The highest BCUT2D eigenvalue weighted by molar-refractivity contribution is 5.80. The SMILES string of the molecule is CCCCCCCCCCCCCCC[C@@H](O)[C@H](CO)NC(=O)[C@H](O)CCCCCCCCCCCCC. The fourth-order valence-electron chi connectivity index (χ4n) is 5.25. The van der Waals surface area contributed by atoms with Gasteiger partial charge < -0.3 is 20.6 Å². The summed E-state index contributed by atoms with van der Waals surface area (Å²) < 4.78 is 0. The Labute approximate surface area is 237 Å². The highest BCUT2D eigenvalue weighted by atomic mass is 16.3. The van der Waals surface area contributed by atoms with Gasteiger partial charge in [-0.15, -0.1) is 0 Å². The van der Waals surface area contributed by atoms with Crippen molar-refractivity contribution in [3.8, 4) is 0 Å². The third-order valence-electron chi connectivity index (χ3n) is 7.98. The van der Waals surface area contributed by atoms with Crippen LogP contribution in [0, 0.1) is 0 Å². The molecule has 0 bridgehead atoms. The molecular weight excluding hydrogens is 474 g/mol. The lowest BCUT2D eigenvalue weighted by molar-refractivity contribution is -0.131. The Hall–Kier alpha value is -0.650. The molecule has 4 N–H and O–H groups in total. The molecule has 3 atom stereocenters. The van der Waals surface area contributed by atoms with Gasteiger partial charge in [-0.3, -0.25) is 4.79 Å². The van der Waals surface area contributed by atoms with Gasteiger partial charge in [-0.1, -0.05) is 168 Å². The first-order valence-electron chi connectivity index (χ1n) is 16.8. The number of nitrogens with one attached hydrogen (secondary N) is 1. The van der Waals surface area contributed by atoms with E-state index in [1.807, 2.05) is 0 Å².